The van der Waals surface area contributed by atoms with Gasteiger partial charge in [-0.05, 0) is 37.1 Å². The number of hydrogen-bond acceptors (Lipinski definition) is 6. The van der Waals surface area contributed by atoms with E-state index < -0.39 is 0 Å². The Kier molecular flexibility index (Phi) is 4.91. The molecule has 166 valence electrons. The number of hydrogen-bond donors (Lipinski definition) is 1. The van der Waals surface area contributed by atoms with E-state index in [1.54, 1.807) is 31.0 Å². The van der Waals surface area contributed by atoms with Gasteiger partial charge < -0.3 is 14.5 Å². The molecule has 1 aliphatic carbocycles. The van der Waals surface area contributed by atoms with E-state index in [1.165, 1.54) is 0 Å². The number of nitrogens with zero attached hydrogens (tertiary/aromatic N) is 7. The van der Waals surface area contributed by atoms with Crippen LogP contribution in [0.3, 0.4) is 0 Å². The number of amides is 1. The molecule has 0 atom stereocenters. The average molecular weight is 448 g/mol. The maximum Gasteiger partial charge on any atom is 0.275 e. The summed E-state index contributed by atoms with van der Waals surface area (Å²) >= 11 is 0. The van der Waals surface area contributed by atoms with Crippen LogP contribution in [0, 0.1) is 0 Å². The average Bonchev–Trinajstić information content (AvgIpc) is 3.40. The molecule has 1 amide bonds. The van der Waals surface area contributed by atoms with Crippen molar-refractivity contribution in [3.05, 3.63) is 91.4 Å². The molecule has 4 heterocycles. The van der Waals surface area contributed by atoms with E-state index in [0.717, 1.165) is 29.8 Å². The highest BCUT2D eigenvalue weighted by Crippen LogP contribution is 2.37. The van der Waals surface area contributed by atoms with E-state index in [-0.39, 0.29) is 11.6 Å². The number of anilines is 1. The van der Waals surface area contributed by atoms with Crippen LogP contribution >= 0.6 is 0 Å². The van der Waals surface area contributed by atoms with Gasteiger partial charge in [0.1, 0.15) is 23.5 Å². The lowest BCUT2D eigenvalue weighted by atomic mass is 10.2. The van der Waals surface area contributed by atoms with Crippen molar-refractivity contribution in [3.8, 4) is 28.5 Å². The van der Waals surface area contributed by atoms with Gasteiger partial charge in [0.15, 0.2) is 5.82 Å². The molecule has 6 rings (SSSR count). The lowest BCUT2D eigenvalue weighted by Crippen LogP contribution is -2.15. The first kappa shape index (κ1) is 20.0. The number of imidazole rings is 1. The van der Waals surface area contributed by atoms with Crippen LogP contribution in [0.2, 0.25) is 0 Å². The number of benzene rings is 1. The van der Waals surface area contributed by atoms with E-state index in [4.69, 9.17) is 0 Å². The van der Waals surface area contributed by atoms with Crippen LogP contribution in [0.25, 0.3) is 28.5 Å². The lowest BCUT2D eigenvalue weighted by molar-refractivity contribution is 0.102. The summed E-state index contributed by atoms with van der Waals surface area (Å²) in [6.07, 6.45) is 9.22. The first-order valence-electron chi connectivity index (χ1n) is 11.0. The number of nitrogens with one attached hydrogen (secondary N) is 1. The van der Waals surface area contributed by atoms with Crippen LogP contribution < -0.4 is 5.32 Å². The monoisotopic (exact) mass is 448 g/mol. The molecule has 0 spiro atoms. The summed E-state index contributed by atoms with van der Waals surface area (Å²) in [7, 11) is 0. The highest BCUT2D eigenvalue weighted by Gasteiger charge is 2.27. The van der Waals surface area contributed by atoms with Crippen molar-refractivity contribution in [1.82, 2.24) is 34.3 Å². The third-order valence-corrected chi connectivity index (χ3v) is 5.66. The standard InChI is InChI=1S/C25H20N8O/c34-25(30-23-8-4-7-20(29-23)24-31-28-16-33(24)18-9-10-18)21-13-19(11-12-26-21)32-14-22(27-15-32)17-5-2-1-3-6-17/h1-8,11-16,18H,9-10H2,(H,29,30,34). The minimum absolute atomic E-state index is 0.279. The molecule has 9 nitrogen and oxygen atoms in total. The van der Waals surface area contributed by atoms with Crippen molar-refractivity contribution < 1.29 is 4.79 Å². The van der Waals surface area contributed by atoms with Gasteiger partial charge >= 0.3 is 0 Å². The summed E-state index contributed by atoms with van der Waals surface area (Å²) < 4.78 is 3.90. The highest BCUT2D eigenvalue weighted by atomic mass is 16.1. The largest absolute Gasteiger partial charge is 0.309 e. The van der Waals surface area contributed by atoms with Crippen LogP contribution in [0.1, 0.15) is 29.4 Å². The number of carbonyl (C=O) groups is 1. The number of carbonyl (C=O) groups excluding carboxylic acids is 1. The third kappa shape index (κ3) is 3.95. The Bertz CT molecular complexity index is 1470. The van der Waals surface area contributed by atoms with E-state index in [1.807, 2.05) is 63.9 Å². The van der Waals surface area contributed by atoms with Gasteiger partial charge in [-0.25, -0.2) is 9.97 Å². The third-order valence-electron chi connectivity index (χ3n) is 5.66. The van der Waals surface area contributed by atoms with E-state index in [0.29, 0.717) is 23.4 Å². The SMILES string of the molecule is O=C(Nc1cccc(-c2nncn2C2CC2)n1)c1cc(-n2cnc(-c3ccccc3)c2)ccn1. The fraction of sp³-hybridized carbons (Fsp3) is 0.120. The zero-order valence-electron chi connectivity index (χ0n) is 18.1. The first-order chi connectivity index (χ1) is 16.7. The molecule has 1 fully saturated rings. The molecule has 1 aromatic carbocycles. The van der Waals surface area contributed by atoms with Gasteiger partial charge in [-0.15, -0.1) is 10.2 Å². The minimum Gasteiger partial charge on any atom is -0.309 e. The molecular weight excluding hydrogens is 428 g/mol. The molecule has 0 saturated heterocycles. The van der Waals surface area contributed by atoms with Gasteiger partial charge in [-0.2, -0.15) is 0 Å². The Balaban J connectivity index is 1.22. The fourth-order valence-electron chi connectivity index (χ4n) is 3.78. The molecule has 34 heavy (non-hydrogen) atoms. The Hall–Kier alpha value is -4.66. The van der Waals surface area contributed by atoms with Gasteiger partial charge in [-0.1, -0.05) is 36.4 Å². The molecule has 5 aromatic rings. The molecular formula is C25H20N8O. The van der Waals surface area contributed by atoms with Gasteiger partial charge in [-0.3, -0.25) is 9.78 Å². The summed E-state index contributed by atoms with van der Waals surface area (Å²) in [4.78, 5) is 26.2. The quantitative estimate of drug-likeness (QED) is 0.418. The van der Waals surface area contributed by atoms with E-state index >= 15 is 0 Å². The summed E-state index contributed by atoms with van der Waals surface area (Å²) in [6, 6.07) is 19.4. The van der Waals surface area contributed by atoms with E-state index in [2.05, 4.69) is 30.5 Å². The van der Waals surface area contributed by atoms with Crippen LogP contribution in [0.4, 0.5) is 5.82 Å². The summed E-state index contributed by atoms with van der Waals surface area (Å²) in [5.74, 6) is 0.778. The van der Waals surface area contributed by atoms with Crippen LogP contribution in [-0.4, -0.2) is 40.2 Å². The van der Waals surface area contributed by atoms with Crippen molar-refractivity contribution >= 4 is 11.7 Å². The maximum atomic E-state index is 12.9. The molecule has 1 N–H and O–H groups in total. The topological polar surface area (TPSA) is 103 Å². The smallest absolute Gasteiger partial charge is 0.275 e. The van der Waals surface area contributed by atoms with Crippen molar-refractivity contribution in [3.63, 3.8) is 0 Å². The van der Waals surface area contributed by atoms with Gasteiger partial charge in [0, 0.05) is 24.0 Å². The predicted octanol–water partition coefficient (Wildman–Crippen LogP) is 4.18. The molecule has 0 aliphatic heterocycles. The van der Waals surface area contributed by atoms with Crippen LogP contribution in [0.5, 0.6) is 0 Å². The molecule has 4 aromatic heterocycles. The van der Waals surface area contributed by atoms with Crippen molar-refractivity contribution in [2.24, 2.45) is 0 Å². The molecule has 1 aliphatic rings. The Morgan fingerprint density at radius 3 is 2.68 bits per heavy atom. The summed E-state index contributed by atoms with van der Waals surface area (Å²) in [6.45, 7) is 0. The highest BCUT2D eigenvalue weighted by molar-refractivity contribution is 6.02. The normalized spacial score (nSPS) is 13.1. The Morgan fingerprint density at radius 1 is 0.941 bits per heavy atom. The second kappa shape index (κ2) is 8.36. The fourth-order valence-corrected chi connectivity index (χ4v) is 3.78. The van der Waals surface area contributed by atoms with Crippen molar-refractivity contribution in [2.45, 2.75) is 18.9 Å². The van der Waals surface area contributed by atoms with Gasteiger partial charge in [0.2, 0.25) is 0 Å². The maximum absolute atomic E-state index is 12.9. The van der Waals surface area contributed by atoms with Crippen LogP contribution in [0.15, 0.2) is 85.7 Å². The predicted molar refractivity (Wildman–Crippen MR) is 126 cm³/mol. The zero-order chi connectivity index (χ0) is 22.9. The molecule has 0 bridgehead atoms. The molecule has 0 radical (unpaired) electrons. The summed E-state index contributed by atoms with van der Waals surface area (Å²) in [5.41, 5.74) is 3.60. The zero-order valence-corrected chi connectivity index (χ0v) is 18.1. The second-order valence-corrected chi connectivity index (χ2v) is 8.09. The van der Waals surface area contributed by atoms with Crippen LogP contribution in [-0.2, 0) is 0 Å². The second-order valence-electron chi connectivity index (χ2n) is 8.09. The first-order valence-corrected chi connectivity index (χ1v) is 11.0. The number of aromatic nitrogens is 7. The molecule has 9 heteroatoms. The molecule has 0 unspecified atom stereocenters. The Morgan fingerprint density at radius 2 is 1.82 bits per heavy atom. The lowest BCUT2D eigenvalue weighted by Gasteiger charge is -2.08. The summed E-state index contributed by atoms with van der Waals surface area (Å²) in [5, 5.41) is 11.1. The van der Waals surface area contributed by atoms with Crippen molar-refractivity contribution in [2.75, 3.05) is 5.32 Å². The number of pyridine rings is 2. The van der Waals surface area contributed by atoms with Gasteiger partial charge in [0.25, 0.3) is 5.91 Å². The molecule has 1 saturated carbocycles. The van der Waals surface area contributed by atoms with Gasteiger partial charge in [0.05, 0.1) is 17.7 Å². The van der Waals surface area contributed by atoms with Crippen molar-refractivity contribution in [1.29, 1.82) is 0 Å². The Labute approximate surface area is 195 Å². The number of rotatable bonds is 6. The van der Waals surface area contributed by atoms with E-state index in [9.17, 15) is 4.79 Å². The minimum atomic E-state index is -0.349.